The van der Waals surface area contributed by atoms with Crippen LogP contribution in [0.1, 0.15) is 35.2 Å². The van der Waals surface area contributed by atoms with Crippen LogP contribution >= 0.6 is 0 Å². The van der Waals surface area contributed by atoms with E-state index in [1.54, 1.807) is 17.0 Å². The lowest BCUT2D eigenvalue weighted by Gasteiger charge is -2.17. The fourth-order valence-electron chi connectivity index (χ4n) is 3.37. The number of aryl methyl sites for hydroxylation is 1. The number of anilines is 2. The SMILES string of the molecule is Cc1ccc(C(=O)NC2CC2)cc1NC(=O)[C@H]1CC(=O)N(c2ccccc2)C1. The molecule has 2 N–H and O–H groups in total. The van der Waals surface area contributed by atoms with E-state index in [-0.39, 0.29) is 30.2 Å². The standard InChI is InChI=1S/C22H23N3O3/c1-14-7-8-15(21(27)23-17-9-10-17)11-19(14)24-22(28)16-12-20(26)25(13-16)18-5-3-2-4-6-18/h2-8,11,16-17H,9-10,12-13H2,1H3,(H,23,27)(H,24,28)/t16-/m0/s1. The molecule has 1 aliphatic carbocycles. The van der Waals surface area contributed by atoms with Crippen molar-refractivity contribution in [2.75, 3.05) is 16.8 Å². The van der Waals surface area contributed by atoms with E-state index in [1.165, 1.54) is 0 Å². The molecule has 0 radical (unpaired) electrons. The highest BCUT2D eigenvalue weighted by Gasteiger charge is 2.35. The summed E-state index contributed by atoms with van der Waals surface area (Å²) in [6.07, 6.45) is 2.23. The molecule has 2 aromatic carbocycles. The highest BCUT2D eigenvalue weighted by atomic mass is 16.2. The normalized spacial score (nSPS) is 18.8. The predicted molar refractivity (Wildman–Crippen MR) is 107 cm³/mol. The van der Waals surface area contributed by atoms with Gasteiger partial charge >= 0.3 is 0 Å². The van der Waals surface area contributed by atoms with E-state index in [4.69, 9.17) is 0 Å². The van der Waals surface area contributed by atoms with Gasteiger partial charge in [-0.25, -0.2) is 0 Å². The molecule has 4 rings (SSSR count). The van der Waals surface area contributed by atoms with Crippen molar-refractivity contribution in [1.29, 1.82) is 0 Å². The molecular formula is C22H23N3O3. The minimum absolute atomic E-state index is 0.0550. The second-order valence-corrected chi connectivity index (χ2v) is 7.51. The Balaban J connectivity index is 1.45. The molecule has 0 unspecified atom stereocenters. The molecule has 0 spiro atoms. The van der Waals surface area contributed by atoms with Crippen molar-refractivity contribution in [2.24, 2.45) is 5.92 Å². The first-order valence-electron chi connectivity index (χ1n) is 9.59. The van der Waals surface area contributed by atoms with Crippen molar-refractivity contribution < 1.29 is 14.4 Å². The maximum atomic E-state index is 12.8. The van der Waals surface area contributed by atoms with Crippen molar-refractivity contribution >= 4 is 29.1 Å². The zero-order valence-electron chi connectivity index (χ0n) is 15.8. The summed E-state index contributed by atoms with van der Waals surface area (Å²) in [5.74, 6) is -0.796. The van der Waals surface area contributed by atoms with Gasteiger partial charge in [-0.2, -0.15) is 0 Å². The molecule has 2 aromatic rings. The van der Waals surface area contributed by atoms with E-state index >= 15 is 0 Å². The first kappa shape index (κ1) is 18.2. The smallest absolute Gasteiger partial charge is 0.251 e. The number of benzene rings is 2. The third-order valence-electron chi connectivity index (χ3n) is 5.23. The summed E-state index contributed by atoms with van der Waals surface area (Å²) in [5, 5.41) is 5.86. The molecule has 1 saturated carbocycles. The molecule has 0 aromatic heterocycles. The maximum absolute atomic E-state index is 12.8. The van der Waals surface area contributed by atoms with Crippen LogP contribution < -0.4 is 15.5 Å². The van der Waals surface area contributed by atoms with Crippen LogP contribution in [0.15, 0.2) is 48.5 Å². The average Bonchev–Trinajstić information content (AvgIpc) is 3.42. The maximum Gasteiger partial charge on any atom is 0.251 e. The Kier molecular flexibility index (Phi) is 4.86. The molecule has 6 nitrogen and oxygen atoms in total. The molecule has 1 saturated heterocycles. The lowest BCUT2D eigenvalue weighted by atomic mass is 10.1. The molecule has 6 heteroatoms. The average molecular weight is 377 g/mol. The quantitative estimate of drug-likeness (QED) is 0.841. The number of nitrogens with zero attached hydrogens (tertiary/aromatic N) is 1. The van der Waals surface area contributed by atoms with E-state index in [1.807, 2.05) is 43.3 Å². The molecule has 2 fully saturated rings. The summed E-state index contributed by atoms with van der Waals surface area (Å²) in [6, 6.07) is 14.9. The molecule has 2 aliphatic rings. The summed E-state index contributed by atoms with van der Waals surface area (Å²) in [6.45, 7) is 2.24. The van der Waals surface area contributed by atoms with Gasteiger partial charge in [0.15, 0.2) is 0 Å². The number of nitrogens with one attached hydrogen (secondary N) is 2. The fourth-order valence-corrected chi connectivity index (χ4v) is 3.37. The van der Waals surface area contributed by atoms with Gasteiger partial charge in [-0.1, -0.05) is 24.3 Å². The summed E-state index contributed by atoms with van der Waals surface area (Å²) in [4.78, 5) is 39.0. The van der Waals surface area contributed by atoms with Crippen molar-refractivity contribution in [1.82, 2.24) is 5.32 Å². The van der Waals surface area contributed by atoms with Gasteiger partial charge < -0.3 is 15.5 Å². The summed E-state index contributed by atoms with van der Waals surface area (Å²) >= 11 is 0. The second-order valence-electron chi connectivity index (χ2n) is 7.51. The van der Waals surface area contributed by atoms with Gasteiger partial charge in [0, 0.05) is 35.9 Å². The zero-order valence-corrected chi connectivity index (χ0v) is 15.8. The zero-order chi connectivity index (χ0) is 19.7. The van der Waals surface area contributed by atoms with Gasteiger partial charge in [-0.05, 0) is 49.6 Å². The first-order valence-corrected chi connectivity index (χ1v) is 9.59. The van der Waals surface area contributed by atoms with Crippen LogP contribution in [0.5, 0.6) is 0 Å². The Labute approximate surface area is 163 Å². The Hall–Kier alpha value is -3.15. The highest BCUT2D eigenvalue weighted by Crippen LogP contribution is 2.27. The van der Waals surface area contributed by atoms with Gasteiger partial charge in [-0.3, -0.25) is 14.4 Å². The Morgan fingerprint density at radius 2 is 1.82 bits per heavy atom. The van der Waals surface area contributed by atoms with E-state index in [0.29, 0.717) is 17.8 Å². The number of rotatable bonds is 5. The minimum atomic E-state index is -0.420. The molecular weight excluding hydrogens is 354 g/mol. The summed E-state index contributed by atoms with van der Waals surface area (Å²) < 4.78 is 0. The van der Waals surface area contributed by atoms with Crippen LogP contribution in [0.25, 0.3) is 0 Å². The van der Waals surface area contributed by atoms with Crippen LogP contribution in [0.3, 0.4) is 0 Å². The van der Waals surface area contributed by atoms with Crippen molar-refractivity contribution in [2.45, 2.75) is 32.2 Å². The monoisotopic (exact) mass is 377 g/mol. The number of carbonyl (C=O) groups is 3. The van der Waals surface area contributed by atoms with E-state index in [0.717, 1.165) is 24.1 Å². The fraction of sp³-hybridized carbons (Fsp3) is 0.318. The van der Waals surface area contributed by atoms with Crippen molar-refractivity contribution in [3.8, 4) is 0 Å². The molecule has 1 aliphatic heterocycles. The lowest BCUT2D eigenvalue weighted by Crippen LogP contribution is -2.28. The number of para-hydroxylation sites is 1. The van der Waals surface area contributed by atoms with Crippen molar-refractivity contribution in [3.05, 3.63) is 59.7 Å². The summed E-state index contributed by atoms with van der Waals surface area (Å²) in [7, 11) is 0. The Morgan fingerprint density at radius 3 is 2.54 bits per heavy atom. The van der Waals surface area contributed by atoms with Crippen LogP contribution in [0.2, 0.25) is 0 Å². The molecule has 28 heavy (non-hydrogen) atoms. The number of carbonyl (C=O) groups excluding carboxylic acids is 3. The third-order valence-corrected chi connectivity index (χ3v) is 5.23. The van der Waals surface area contributed by atoms with Gasteiger partial charge in [0.1, 0.15) is 0 Å². The van der Waals surface area contributed by atoms with E-state index in [9.17, 15) is 14.4 Å². The first-order chi connectivity index (χ1) is 13.5. The Morgan fingerprint density at radius 1 is 1.07 bits per heavy atom. The largest absolute Gasteiger partial charge is 0.349 e. The molecule has 144 valence electrons. The van der Waals surface area contributed by atoms with Crippen LogP contribution in [-0.2, 0) is 9.59 Å². The van der Waals surface area contributed by atoms with E-state index < -0.39 is 5.92 Å². The minimum Gasteiger partial charge on any atom is -0.349 e. The highest BCUT2D eigenvalue weighted by molar-refractivity contribution is 6.04. The Bertz CT molecular complexity index is 922. The van der Waals surface area contributed by atoms with Gasteiger partial charge in [0.2, 0.25) is 11.8 Å². The van der Waals surface area contributed by atoms with Gasteiger partial charge in [0.05, 0.1) is 5.92 Å². The van der Waals surface area contributed by atoms with Crippen LogP contribution in [-0.4, -0.2) is 30.3 Å². The number of hydrogen-bond donors (Lipinski definition) is 2. The molecule has 1 atom stereocenters. The van der Waals surface area contributed by atoms with E-state index in [2.05, 4.69) is 10.6 Å². The van der Waals surface area contributed by atoms with Crippen LogP contribution in [0.4, 0.5) is 11.4 Å². The topological polar surface area (TPSA) is 78.5 Å². The molecule has 3 amide bonds. The lowest BCUT2D eigenvalue weighted by molar-refractivity contribution is -0.122. The van der Waals surface area contributed by atoms with Crippen molar-refractivity contribution in [3.63, 3.8) is 0 Å². The third kappa shape index (κ3) is 3.91. The second kappa shape index (κ2) is 7.46. The number of hydrogen-bond acceptors (Lipinski definition) is 3. The molecule has 0 bridgehead atoms. The van der Waals surface area contributed by atoms with Gasteiger partial charge in [0.25, 0.3) is 5.91 Å². The van der Waals surface area contributed by atoms with Gasteiger partial charge in [-0.15, -0.1) is 0 Å². The number of amides is 3. The summed E-state index contributed by atoms with van der Waals surface area (Å²) in [5.41, 5.74) is 2.82. The van der Waals surface area contributed by atoms with Crippen LogP contribution in [0, 0.1) is 12.8 Å². The molecule has 1 heterocycles. The predicted octanol–water partition coefficient (Wildman–Crippen LogP) is 2.88.